The van der Waals surface area contributed by atoms with Crippen molar-refractivity contribution in [2.24, 2.45) is 0 Å². The molecule has 1 aliphatic heterocycles. The van der Waals surface area contributed by atoms with E-state index in [9.17, 15) is 0 Å². The lowest BCUT2D eigenvalue weighted by atomic mass is 10.1. The van der Waals surface area contributed by atoms with Gasteiger partial charge in [-0.05, 0) is 24.7 Å². The van der Waals surface area contributed by atoms with Crippen LogP contribution in [0.25, 0.3) is 0 Å². The molecule has 0 saturated carbocycles. The van der Waals surface area contributed by atoms with E-state index in [1.807, 2.05) is 6.20 Å². The lowest BCUT2D eigenvalue weighted by Crippen LogP contribution is -2.42. The van der Waals surface area contributed by atoms with Gasteiger partial charge in [0.15, 0.2) is 5.11 Å². The molecular formula is C10H18N2S. The fraction of sp³-hybridized carbons (Fsp3) is 0.700. The predicted octanol–water partition coefficient (Wildman–Crippen LogP) is 2.32. The van der Waals surface area contributed by atoms with Crippen LogP contribution in [0, 0.1) is 0 Å². The second-order valence-corrected chi connectivity index (χ2v) is 3.84. The zero-order valence-corrected chi connectivity index (χ0v) is 8.99. The molecule has 13 heavy (non-hydrogen) atoms. The number of nitrogens with one attached hydrogen (secondary N) is 2. The van der Waals surface area contributed by atoms with E-state index < -0.39 is 0 Å². The van der Waals surface area contributed by atoms with Crippen LogP contribution in [0.15, 0.2) is 12.3 Å². The molecule has 0 aromatic rings. The first-order valence-corrected chi connectivity index (χ1v) is 5.47. The fourth-order valence-corrected chi connectivity index (χ4v) is 1.68. The molecule has 0 aliphatic carbocycles. The normalized spacial score (nSPS) is 21.0. The second kappa shape index (κ2) is 5.97. The zero-order valence-electron chi connectivity index (χ0n) is 8.18. The van der Waals surface area contributed by atoms with Crippen LogP contribution in [-0.2, 0) is 0 Å². The summed E-state index contributed by atoms with van der Waals surface area (Å²) in [5, 5.41) is 6.93. The number of rotatable bonds is 5. The Labute approximate surface area is 85.8 Å². The summed E-state index contributed by atoms with van der Waals surface area (Å²) in [6, 6.07) is 0.450. The molecule has 2 N–H and O–H groups in total. The minimum Gasteiger partial charge on any atom is -0.356 e. The van der Waals surface area contributed by atoms with E-state index in [4.69, 9.17) is 12.2 Å². The third-order valence-electron chi connectivity index (χ3n) is 2.23. The molecule has 0 aromatic carbocycles. The molecule has 1 unspecified atom stereocenters. The van der Waals surface area contributed by atoms with E-state index in [0.717, 1.165) is 5.11 Å². The molecule has 1 aliphatic rings. The Morgan fingerprint density at radius 3 is 2.92 bits per heavy atom. The van der Waals surface area contributed by atoms with Crippen molar-refractivity contribution in [3.63, 3.8) is 0 Å². The average Bonchev–Trinajstić information content (AvgIpc) is 2.13. The van der Waals surface area contributed by atoms with Crippen LogP contribution < -0.4 is 10.6 Å². The Morgan fingerprint density at radius 1 is 1.38 bits per heavy atom. The van der Waals surface area contributed by atoms with Gasteiger partial charge in [-0.1, -0.05) is 32.6 Å². The molecule has 2 nitrogen and oxygen atoms in total. The van der Waals surface area contributed by atoms with Crippen LogP contribution in [0.3, 0.4) is 0 Å². The maximum Gasteiger partial charge on any atom is 0.170 e. The summed E-state index contributed by atoms with van der Waals surface area (Å²) in [4.78, 5) is 0. The SMILES string of the molecule is CCCCCCC1C=CNC(=S)N1. The van der Waals surface area contributed by atoms with Crippen molar-refractivity contribution in [2.45, 2.75) is 45.1 Å². The average molecular weight is 198 g/mol. The maximum atomic E-state index is 5.01. The molecule has 0 spiro atoms. The van der Waals surface area contributed by atoms with E-state index in [1.54, 1.807) is 0 Å². The fourth-order valence-electron chi connectivity index (χ4n) is 1.46. The van der Waals surface area contributed by atoms with Crippen molar-refractivity contribution >= 4 is 17.3 Å². The maximum absolute atomic E-state index is 5.01. The Hall–Kier alpha value is -0.570. The van der Waals surface area contributed by atoms with Gasteiger partial charge in [-0.2, -0.15) is 0 Å². The van der Waals surface area contributed by atoms with E-state index in [1.165, 1.54) is 32.1 Å². The van der Waals surface area contributed by atoms with E-state index in [-0.39, 0.29) is 0 Å². The highest BCUT2D eigenvalue weighted by Gasteiger charge is 2.08. The summed E-state index contributed by atoms with van der Waals surface area (Å²) in [6.07, 6.45) is 10.5. The van der Waals surface area contributed by atoms with Crippen molar-refractivity contribution in [2.75, 3.05) is 0 Å². The van der Waals surface area contributed by atoms with Crippen molar-refractivity contribution in [1.29, 1.82) is 0 Å². The summed E-state index contributed by atoms with van der Waals surface area (Å²) in [7, 11) is 0. The van der Waals surface area contributed by atoms with Crippen LogP contribution >= 0.6 is 12.2 Å². The number of hydrogen-bond acceptors (Lipinski definition) is 1. The van der Waals surface area contributed by atoms with E-state index in [2.05, 4.69) is 23.6 Å². The molecular weight excluding hydrogens is 180 g/mol. The number of hydrogen-bond donors (Lipinski definition) is 2. The molecule has 0 fully saturated rings. The third kappa shape index (κ3) is 4.27. The standard InChI is InChI=1S/C10H18N2S/c1-2-3-4-5-6-9-7-8-11-10(13)12-9/h7-9H,2-6H2,1H3,(H2,11,12,13). The predicted molar refractivity (Wildman–Crippen MR) is 60.6 cm³/mol. The molecule has 1 rings (SSSR count). The quantitative estimate of drug-likeness (QED) is 0.523. The first-order valence-electron chi connectivity index (χ1n) is 5.06. The Bertz CT molecular complexity index is 189. The van der Waals surface area contributed by atoms with Gasteiger partial charge in [0.2, 0.25) is 0 Å². The minimum atomic E-state index is 0.450. The Morgan fingerprint density at radius 2 is 2.23 bits per heavy atom. The van der Waals surface area contributed by atoms with Gasteiger partial charge in [0.25, 0.3) is 0 Å². The van der Waals surface area contributed by atoms with Crippen LogP contribution in [0.1, 0.15) is 39.0 Å². The zero-order chi connectivity index (χ0) is 9.52. The van der Waals surface area contributed by atoms with Crippen LogP contribution in [0.5, 0.6) is 0 Å². The molecule has 74 valence electrons. The third-order valence-corrected chi connectivity index (χ3v) is 2.46. The highest BCUT2D eigenvalue weighted by Crippen LogP contribution is 2.07. The summed E-state index contributed by atoms with van der Waals surface area (Å²) >= 11 is 5.01. The lowest BCUT2D eigenvalue weighted by Gasteiger charge is -2.20. The smallest absolute Gasteiger partial charge is 0.170 e. The highest BCUT2D eigenvalue weighted by molar-refractivity contribution is 7.80. The molecule has 0 radical (unpaired) electrons. The van der Waals surface area contributed by atoms with Crippen LogP contribution in [0.2, 0.25) is 0 Å². The molecule has 1 heterocycles. The molecule has 0 aromatic heterocycles. The number of thiocarbonyl (C=S) groups is 1. The van der Waals surface area contributed by atoms with Crippen molar-refractivity contribution < 1.29 is 0 Å². The van der Waals surface area contributed by atoms with Crippen molar-refractivity contribution in [3.8, 4) is 0 Å². The van der Waals surface area contributed by atoms with Gasteiger partial charge in [0, 0.05) is 12.2 Å². The van der Waals surface area contributed by atoms with Crippen molar-refractivity contribution in [3.05, 3.63) is 12.3 Å². The lowest BCUT2D eigenvalue weighted by molar-refractivity contribution is 0.567. The topological polar surface area (TPSA) is 24.1 Å². The Kier molecular flexibility index (Phi) is 4.83. The first kappa shape index (κ1) is 10.5. The Balaban J connectivity index is 2.10. The van der Waals surface area contributed by atoms with Gasteiger partial charge in [-0.3, -0.25) is 0 Å². The van der Waals surface area contributed by atoms with Gasteiger partial charge >= 0.3 is 0 Å². The largest absolute Gasteiger partial charge is 0.356 e. The minimum absolute atomic E-state index is 0.450. The summed E-state index contributed by atoms with van der Waals surface area (Å²) < 4.78 is 0. The van der Waals surface area contributed by atoms with E-state index in [0.29, 0.717) is 6.04 Å². The van der Waals surface area contributed by atoms with Crippen LogP contribution in [-0.4, -0.2) is 11.2 Å². The molecule has 1 atom stereocenters. The van der Waals surface area contributed by atoms with Gasteiger partial charge < -0.3 is 10.6 Å². The van der Waals surface area contributed by atoms with Gasteiger partial charge in [0.1, 0.15) is 0 Å². The molecule has 0 amide bonds. The second-order valence-electron chi connectivity index (χ2n) is 3.43. The number of unbranched alkanes of at least 4 members (excludes halogenated alkanes) is 3. The molecule has 3 heteroatoms. The monoisotopic (exact) mass is 198 g/mol. The first-order chi connectivity index (χ1) is 6.33. The molecule has 0 saturated heterocycles. The summed E-state index contributed by atoms with van der Waals surface area (Å²) in [5.41, 5.74) is 0. The molecule has 0 bridgehead atoms. The van der Waals surface area contributed by atoms with Gasteiger partial charge in [-0.15, -0.1) is 0 Å². The van der Waals surface area contributed by atoms with Crippen molar-refractivity contribution in [1.82, 2.24) is 10.6 Å². The van der Waals surface area contributed by atoms with E-state index >= 15 is 0 Å². The summed E-state index contributed by atoms with van der Waals surface area (Å²) in [6.45, 7) is 2.23. The van der Waals surface area contributed by atoms with Crippen LogP contribution in [0.4, 0.5) is 0 Å². The van der Waals surface area contributed by atoms with Gasteiger partial charge in [-0.25, -0.2) is 0 Å². The highest BCUT2D eigenvalue weighted by atomic mass is 32.1. The summed E-state index contributed by atoms with van der Waals surface area (Å²) in [5.74, 6) is 0. The van der Waals surface area contributed by atoms with Gasteiger partial charge in [0.05, 0.1) is 0 Å².